The number of hydrogen-bond acceptors (Lipinski definition) is 4. The summed E-state index contributed by atoms with van der Waals surface area (Å²) in [7, 11) is -3.76. The summed E-state index contributed by atoms with van der Waals surface area (Å²) in [6.07, 6.45) is 3.74. The van der Waals surface area contributed by atoms with E-state index in [1.54, 1.807) is 17.0 Å². The van der Waals surface area contributed by atoms with E-state index < -0.39 is 14.6 Å². The maximum absolute atomic E-state index is 13.3. The third-order valence-corrected chi connectivity index (χ3v) is 8.02. The van der Waals surface area contributed by atoms with Crippen LogP contribution in [-0.4, -0.2) is 43.1 Å². The lowest BCUT2D eigenvalue weighted by atomic mass is 10.0. The third kappa shape index (κ3) is 2.95. The van der Waals surface area contributed by atoms with Crippen LogP contribution < -0.4 is 5.73 Å². The fourth-order valence-corrected chi connectivity index (χ4v) is 6.03. The molecule has 0 atom stereocenters. The number of benzene rings is 1. The minimum atomic E-state index is -3.76. The smallest absolute Gasteiger partial charge is 0.244 e. The van der Waals surface area contributed by atoms with Crippen LogP contribution in [-0.2, 0) is 14.6 Å². The first-order valence-corrected chi connectivity index (χ1v) is 10.3. The Kier molecular flexibility index (Phi) is 4.91. The first kappa shape index (κ1) is 17.7. The van der Waals surface area contributed by atoms with Gasteiger partial charge in [-0.05, 0) is 49.9 Å². The van der Waals surface area contributed by atoms with Crippen LogP contribution in [0.4, 0.5) is 0 Å². The number of sulfone groups is 1. The molecule has 0 aromatic heterocycles. The number of halogens is 1. The van der Waals surface area contributed by atoms with E-state index in [9.17, 15) is 13.2 Å². The fourth-order valence-electron chi connectivity index (χ4n) is 3.77. The van der Waals surface area contributed by atoms with Gasteiger partial charge in [-0.3, -0.25) is 4.79 Å². The standard InChI is InChI=1S/C17H23ClN2O3S/c18-13-3-5-15(6-4-13)24(22,23)17(9-1-2-10-17)16(21)20-11-7-14(19)8-12-20/h3-6,14H,1-2,7-12,19H2. The third-order valence-electron chi connectivity index (χ3n) is 5.27. The summed E-state index contributed by atoms with van der Waals surface area (Å²) >= 11 is 5.87. The van der Waals surface area contributed by atoms with Gasteiger partial charge in [0.15, 0.2) is 14.6 Å². The lowest BCUT2D eigenvalue weighted by Gasteiger charge is -2.37. The molecule has 2 aliphatic rings. The molecule has 1 saturated carbocycles. The molecule has 24 heavy (non-hydrogen) atoms. The van der Waals surface area contributed by atoms with E-state index in [1.807, 2.05) is 0 Å². The lowest BCUT2D eigenvalue weighted by Crippen LogP contribution is -2.55. The van der Waals surface area contributed by atoms with Gasteiger partial charge in [-0.2, -0.15) is 0 Å². The van der Waals surface area contributed by atoms with E-state index in [4.69, 9.17) is 17.3 Å². The second-order valence-corrected chi connectivity index (χ2v) is 9.48. The summed E-state index contributed by atoms with van der Waals surface area (Å²) in [6, 6.07) is 6.21. The molecule has 2 fully saturated rings. The summed E-state index contributed by atoms with van der Waals surface area (Å²) in [6.45, 7) is 1.08. The normalized spacial score (nSPS) is 21.8. The summed E-state index contributed by atoms with van der Waals surface area (Å²) in [4.78, 5) is 15.1. The van der Waals surface area contributed by atoms with Crippen molar-refractivity contribution in [3.63, 3.8) is 0 Å². The van der Waals surface area contributed by atoms with Gasteiger partial charge in [-0.15, -0.1) is 0 Å². The molecule has 5 nitrogen and oxygen atoms in total. The number of nitrogens with two attached hydrogens (primary N) is 1. The van der Waals surface area contributed by atoms with Gasteiger partial charge in [0.05, 0.1) is 4.90 Å². The summed E-state index contributed by atoms with van der Waals surface area (Å²) in [5.74, 6) is -0.248. The van der Waals surface area contributed by atoms with Crippen molar-refractivity contribution >= 4 is 27.3 Å². The molecule has 1 heterocycles. The van der Waals surface area contributed by atoms with Crippen molar-refractivity contribution in [2.45, 2.75) is 54.2 Å². The molecule has 1 aromatic rings. The van der Waals surface area contributed by atoms with E-state index in [0.29, 0.717) is 31.0 Å². The molecule has 7 heteroatoms. The molecule has 0 spiro atoms. The van der Waals surface area contributed by atoms with Gasteiger partial charge < -0.3 is 10.6 Å². The number of nitrogens with zero attached hydrogens (tertiary/aromatic N) is 1. The van der Waals surface area contributed by atoms with Crippen LogP contribution in [0.25, 0.3) is 0 Å². The molecular formula is C17H23ClN2O3S. The molecule has 1 aliphatic carbocycles. The number of hydrogen-bond donors (Lipinski definition) is 1. The van der Waals surface area contributed by atoms with E-state index in [-0.39, 0.29) is 16.8 Å². The van der Waals surface area contributed by atoms with Gasteiger partial charge >= 0.3 is 0 Å². The van der Waals surface area contributed by atoms with Gasteiger partial charge in [-0.1, -0.05) is 24.4 Å². The lowest BCUT2D eigenvalue weighted by molar-refractivity contribution is -0.134. The monoisotopic (exact) mass is 370 g/mol. The van der Waals surface area contributed by atoms with Crippen molar-refractivity contribution < 1.29 is 13.2 Å². The highest BCUT2D eigenvalue weighted by atomic mass is 35.5. The highest BCUT2D eigenvalue weighted by Crippen LogP contribution is 2.42. The Morgan fingerprint density at radius 1 is 1.12 bits per heavy atom. The molecule has 1 amide bonds. The Morgan fingerprint density at radius 2 is 1.67 bits per heavy atom. The zero-order valence-corrected chi connectivity index (χ0v) is 15.2. The zero-order valence-electron chi connectivity index (χ0n) is 13.6. The molecule has 0 radical (unpaired) electrons. The highest BCUT2D eigenvalue weighted by Gasteiger charge is 2.54. The molecular weight excluding hydrogens is 348 g/mol. The quantitative estimate of drug-likeness (QED) is 0.885. The number of rotatable bonds is 3. The van der Waals surface area contributed by atoms with Crippen molar-refractivity contribution in [2.75, 3.05) is 13.1 Å². The molecule has 1 aromatic carbocycles. The van der Waals surface area contributed by atoms with Gasteiger partial charge in [0, 0.05) is 24.2 Å². The number of carbonyl (C=O) groups excluding carboxylic acids is 1. The average Bonchev–Trinajstić information content (AvgIpc) is 3.07. The van der Waals surface area contributed by atoms with Crippen molar-refractivity contribution in [3.8, 4) is 0 Å². The summed E-state index contributed by atoms with van der Waals surface area (Å²) < 4.78 is 25.3. The molecule has 1 aliphatic heterocycles. The second-order valence-electron chi connectivity index (χ2n) is 6.79. The van der Waals surface area contributed by atoms with Crippen LogP contribution >= 0.6 is 11.6 Å². The van der Waals surface area contributed by atoms with Crippen LogP contribution in [0.5, 0.6) is 0 Å². The SMILES string of the molecule is NC1CCN(C(=O)C2(S(=O)(=O)c3ccc(Cl)cc3)CCCC2)CC1. The van der Waals surface area contributed by atoms with E-state index in [0.717, 1.165) is 25.7 Å². The van der Waals surface area contributed by atoms with Crippen molar-refractivity contribution in [1.29, 1.82) is 0 Å². The number of amides is 1. The predicted octanol–water partition coefficient (Wildman–Crippen LogP) is 2.38. The van der Waals surface area contributed by atoms with Gasteiger partial charge in [0.1, 0.15) is 0 Å². The minimum absolute atomic E-state index is 0.0986. The largest absolute Gasteiger partial charge is 0.341 e. The van der Waals surface area contributed by atoms with E-state index in [2.05, 4.69) is 0 Å². The van der Waals surface area contributed by atoms with E-state index >= 15 is 0 Å². The number of likely N-dealkylation sites (tertiary alicyclic amines) is 1. The first-order valence-electron chi connectivity index (χ1n) is 8.42. The van der Waals surface area contributed by atoms with Crippen molar-refractivity contribution in [2.24, 2.45) is 5.73 Å². The summed E-state index contributed by atoms with van der Waals surface area (Å²) in [5.41, 5.74) is 5.91. The Hall–Kier alpha value is -1.11. The molecule has 1 saturated heterocycles. The van der Waals surface area contributed by atoms with E-state index in [1.165, 1.54) is 12.1 Å². The molecule has 2 N–H and O–H groups in total. The molecule has 0 bridgehead atoms. The van der Waals surface area contributed by atoms with Crippen LogP contribution in [0.2, 0.25) is 5.02 Å². The number of piperidine rings is 1. The topological polar surface area (TPSA) is 80.5 Å². The predicted molar refractivity (Wildman–Crippen MR) is 93.6 cm³/mol. The van der Waals surface area contributed by atoms with Gasteiger partial charge in [-0.25, -0.2) is 8.42 Å². The Morgan fingerprint density at radius 3 is 2.21 bits per heavy atom. The minimum Gasteiger partial charge on any atom is -0.341 e. The maximum atomic E-state index is 13.3. The zero-order chi connectivity index (χ0) is 17.4. The van der Waals surface area contributed by atoms with Crippen molar-refractivity contribution in [3.05, 3.63) is 29.3 Å². The molecule has 132 valence electrons. The van der Waals surface area contributed by atoms with Crippen molar-refractivity contribution in [1.82, 2.24) is 4.90 Å². The molecule has 3 rings (SSSR count). The number of carbonyl (C=O) groups is 1. The van der Waals surface area contributed by atoms with Crippen LogP contribution in [0.15, 0.2) is 29.2 Å². The maximum Gasteiger partial charge on any atom is 0.244 e. The average molecular weight is 371 g/mol. The Bertz CT molecular complexity index is 704. The Labute approximate surface area is 148 Å². The first-order chi connectivity index (χ1) is 11.4. The fraction of sp³-hybridized carbons (Fsp3) is 0.588. The van der Waals surface area contributed by atoms with Gasteiger partial charge in [0.25, 0.3) is 0 Å². The highest BCUT2D eigenvalue weighted by molar-refractivity contribution is 7.93. The van der Waals surface area contributed by atoms with Gasteiger partial charge in [0.2, 0.25) is 5.91 Å². The summed E-state index contributed by atoms with van der Waals surface area (Å²) in [5, 5.41) is 0.478. The Balaban J connectivity index is 1.96. The van der Waals surface area contributed by atoms with Crippen LogP contribution in [0.3, 0.4) is 0 Å². The van der Waals surface area contributed by atoms with Crippen LogP contribution in [0.1, 0.15) is 38.5 Å². The second kappa shape index (κ2) is 6.65. The van der Waals surface area contributed by atoms with Crippen LogP contribution in [0, 0.1) is 0 Å². The molecule has 0 unspecified atom stereocenters.